The summed E-state index contributed by atoms with van der Waals surface area (Å²) in [4.78, 5) is 11.4. The molecular formula is C11H13ClO2. The van der Waals surface area contributed by atoms with Gasteiger partial charge in [0.15, 0.2) is 5.78 Å². The third-order valence-electron chi connectivity index (χ3n) is 2.01. The van der Waals surface area contributed by atoms with E-state index in [2.05, 4.69) is 0 Å². The standard InChI is InChI=1S/C11H13ClO2/c1-3-14-11-6-4-5-9(8(11)2)10(13)7-12/h4-6H,3,7H2,1-2H3. The lowest BCUT2D eigenvalue weighted by atomic mass is 10.0. The van der Waals surface area contributed by atoms with E-state index < -0.39 is 0 Å². The van der Waals surface area contributed by atoms with Crippen LogP contribution in [0.2, 0.25) is 0 Å². The zero-order valence-corrected chi connectivity index (χ0v) is 9.10. The Hall–Kier alpha value is -1.02. The number of alkyl halides is 1. The molecule has 1 rings (SSSR count). The SMILES string of the molecule is CCOc1cccc(C(=O)CCl)c1C. The summed E-state index contributed by atoms with van der Waals surface area (Å²) in [7, 11) is 0. The third-order valence-corrected chi connectivity index (χ3v) is 2.25. The van der Waals surface area contributed by atoms with E-state index in [1.807, 2.05) is 19.9 Å². The fourth-order valence-electron chi connectivity index (χ4n) is 1.30. The average Bonchev–Trinajstić information content (AvgIpc) is 2.20. The Labute approximate surface area is 88.8 Å². The van der Waals surface area contributed by atoms with E-state index in [-0.39, 0.29) is 11.7 Å². The molecule has 0 aliphatic heterocycles. The van der Waals surface area contributed by atoms with Gasteiger partial charge in [0.1, 0.15) is 5.75 Å². The number of rotatable bonds is 4. The minimum absolute atomic E-state index is 0.0103. The van der Waals surface area contributed by atoms with E-state index in [9.17, 15) is 4.79 Å². The molecule has 14 heavy (non-hydrogen) atoms. The summed E-state index contributed by atoms with van der Waals surface area (Å²) in [6.45, 7) is 4.37. The fraction of sp³-hybridized carbons (Fsp3) is 0.364. The monoisotopic (exact) mass is 212 g/mol. The smallest absolute Gasteiger partial charge is 0.177 e. The van der Waals surface area contributed by atoms with Crippen LogP contribution in [0.1, 0.15) is 22.8 Å². The Bertz CT molecular complexity index is 334. The van der Waals surface area contributed by atoms with Gasteiger partial charge in [-0.05, 0) is 19.9 Å². The van der Waals surface area contributed by atoms with E-state index in [4.69, 9.17) is 16.3 Å². The second-order valence-corrected chi connectivity index (χ2v) is 3.19. The Kier molecular flexibility index (Phi) is 3.96. The molecule has 0 radical (unpaired) electrons. The zero-order chi connectivity index (χ0) is 10.6. The van der Waals surface area contributed by atoms with Gasteiger partial charge in [0.2, 0.25) is 0 Å². The lowest BCUT2D eigenvalue weighted by molar-refractivity contribution is 0.102. The molecule has 0 atom stereocenters. The van der Waals surface area contributed by atoms with Gasteiger partial charge >= 0.3 is 0 Å². The molecule has 0 aliphatic rings. The highest BCUT2D eigenvalue weighted by Gasteiger charge is 2.10. The van der Waals surface area contributed by atoms with E-state index in [1.54, 1.807) is 12.1 Å². The number of carbonyl (C=O) groups is 1. The van der Waals surface area contributed by atoms with E-state index in [0.717, 1.165) is 11.3 Å². The topological polar surface area (TPSA) is 26.3 Å². The van der Waals surface area contributed by atoms with Gasteiger partial charge < -0.3 is 4.74 Å². The summed E-state index contributed by atoms with van der Waals surface area (Å²) < 4.78 is 5.38. The maximum atomic E-state index is 11.4. The number of hydrogen-bond acceptors (Lipinski definition) is 2. The molecule has 0 amide bonds. The fourth-order valence-corrected chi connectivity index (χ4v) is 1.44. The molecule has 0 N–H and O–H groups in total. The first-order valence-corrected chi connectivity index (χ1v) is 5.05. The molecule has 0 aromatic heterocycles. The molecule has 0 saturated heterocycles. The van der Waals surface area contributed by atoms with E-state index in [0.29, 0.717) is 12.2 Å². The van der Waals surface area contributed by atoms with Crippen LogP contribution in [-0.2, 0) is 0 Å². The summed E-state index contributed by atoms with van der Waals surface area (Å²) in [6, 6.07) is 5.42. The van der Waals surface area contributed by atoms with Gasteiger partial charge in [-0.3, -0.25) is 4.79 Å². The summed E-state index contributed by atoms with van der Waals surface area (Å²) in [5.41, 5.74) is 1.51. The molecule has 2 nitrogen and oxygen atoms in total. The van der Waals surface area contributed by atoms with Crippen LogP contribution in [0, 0.1) is 6.92 Å². The van der Waals surface area contributed by atoms with Crippen molar-refractivity contribution in [2.24, 2.45) is 0 Å². The van der Waals surface area contributed by atoms with Gasteiger partial charge in [0.05, 0.1) is 12.5 Å². The molecule has 0 saturated carbocycles. The van der Waals surface area contributed by atoms with Gasteiger partial charge in [-0.15, -0.1) is 11.6 Å². The van der Waals surface area contributed by atoms with Crippen molar-refractivity contribution >= 4 is 17.4 Å². The molecule has 1 aromatic carbocycles. The molecule has 0 aliphatic carbocycles. The van der Waals surface area contributed by atoms with Crippen LogP contribution in [0.5, 0.6) is 5.75 Å². The number of ether oxygens (including phenoxy) is 1. The average molecular weight is 213 g/mol. The summed E-state index contributed by atoms with van der Waals surface area (Å²) >= 11 is 5.50. The predicted molar refractivity (Wildman–Crippen MR) is 57.4 cm³/mol. The second kappa shape index (κ2) is 5.01. The number of benzene rings is 1. The van der Waals surface area contributed by atoms with Gasteiger partial charge in [0, 0.05) is 11.1 Å². The number of carbonyl (C=O) groups excluding carboxylic acids is 1. The highest BCUT2D eigenvalue weighted by Crippen LogP contribution is 2.21. The maximum Gasteiger partial charge on any atom is 0.177 e. The lowest BCUT2D eigenvalue weighted by Gasteiger charge is -2.09. The maximum absolute atomic E-state index is 11.4. The Morgan fingerprint density at radius 1 is 1.50 bits per heavy atom. The minimum Gasteiger partial charge on any atom is -0.494 e. The van der Waals surface area contributed by atoms with Gasteiger partial charge in [0.25, 0.3) is 0 Å². The first-order chi connectivity index (χ1) is 6.70. The molecule has 0 unspecified atom stereocenters. The van der Waals surface area contributed by atoms with Crippen molar-refractivity contribution in [1.29, 1.82) is 0 Å². The molecule has 1 aromatic rings. The summed E-state index contributed by atoms with van der Waals surface area (Å²) in [6.07, 6.45) is 0. The highest BCUT2D eigenvalue weighted by atomic mass is 35.5. The molecule has 0 spiro atoms. The zero-order valence-electron chi connectivity index (χ0n) is 8.34. The van der Waals surface area contributed by atoms with Crippen LogP contribution < -0.4 is 4.74 Å². The number of hydrogen-bond donors (Lipinski definition) is 0. The van der Waals surface area contributed by atoms with Gasteiger partial charge in [-0.1, -0.05) is 12.1 Å². The summed E-state index contributed by atoms with van der Waals surface area (Å²) in [5, 5.41) is 0. The third kappa shape index (κ3) is 2.26. The first kappa shape index (κ1) is 11.1. The van der Waals surface area contributed by atoms with Crippen LogP contribution in [0.25, 0.3) is 0 Å². The molecular weight excluding hydrogens is 200 g/mol. The Balaban J connectivity index is 3.07. The Morgan fingerprint density at radius 3 is 2.79 bits per heavy atom. The van der Waals surface area contributed by atoms with Crippen molar-refractivity contribution in [2.75, 3.05) is 12.5 Å². The van der Waals surface area contributed by atoms with E-state index >= 15 is 0 Å². The van der Waals surface area contributed by atoms with Gasteiger partial charge in [-0.2, -0.15) is 0 Å². The van der Waals surface area contributed by atoms with Crippen LogP contribution in [0.4, 0.5) is 0 Å². The molecule has 0 fully saturated rings. The lowest BCUT2D eigenvalue weighted by Crippen LogP contribution is -2.05. The van der Waals surface area contributed by atoms with Crippen molar-refractivity contribution in [3.63, 3.8) is 0 Å². The minimum atomic E-state index is -0.0641. The van der Waals surface area contributed by atoms with Crippen molar-refractivity contribution < 1.29 is 9.53 Å². The molecule has 0 bridgehead atoms. The van der Waals surface area contributed by atoms with Crippen LogP contribution >= 0.6 is 11.6 Å². The second-order valence-electron chi connectivity index (χ2n) is 2.92. The first-order valence-electron chi connectivity index (χ1n) is 4.52. The van der Waals surface area contributed by atoms with E-state index in [1.165, 1.54) is 0 Å². The normalized spacial score (nSPS) is 9.93. The number of ketones is 1. The van der Waals surface area contributed by atoms with Crippen LogP contribution in [0.3, 0.4) is 0 Å². The van der Waals surface area contributed by atoms with Crippen molar-refractivity contribution in [3.8, 4) is 5.75 Å². The largest absolute Gasteiger partial charge is 0.494 e. The highest BCUT2D eigenvalue weighted by molar-refractivity contribution is 6.30. The number of Topliss-reactive ketones (excluding diaryl/α,β-unsaturated/α-hetero) is 1. The Morgan fingerprint density at radius 2 is 2.21 bits per heavy atom. The van der Waals surface area contributed by atoms with Crippen molar-refractivity contribution in [2.45, 2.75) is 13.8 Å². The van der Waals surface area contributed by atoms with Crippen molar-refractivity contribution in [1.82, 2.24) is 0 Å². The molecule has 0 heterocycles. The summed E-state index contributed by atoms with van der Waals surface area (Å²) in [5.74, 6) is 0.699. The van der Waals surface area contributed by atoms with Crippen molar-refractivity contribution in [3.05, 3.63) is 29.3 Å². The molecule has 3 heteroatoms. The van der Waals surface area contributed by atoms with Crippen LogP contribution in [-0.4, -0.2) is 18.3 Å². The predicted octanol–water partition coefficient (Wildman–Crippen LogP) is 2.82. The van der Waals surface area contributed by atoms with Gasteiger partial charge in [-0.25, -0.2) is 0 Å². The number of halogens is 1. The molecule has 76 valence electrons. The quantitative estimate of drug-likeness (QED) is 0.567. The van der Waals surface area contributed by atoms with Crippen LogP contribution in [0.15, 0.2) is 18.2 Å².